The van der Waals surface area contributed by atoms with Gasteiger partial charge >= 0.3 is 5.97 Å². The number of amides is 1. The second-order valence-corrected chi connectivity index (χ2v) is 5.72. The lowest BCUT2D eigenvalue weighted by atomic mass is 10.1. The van der Waals surface area contributed by atoms with Gasteiger partial charge < -0.3 is 10.1 Å². The molecular weight excluding hydrogens is 345 g/mol. The third-order valence-corrected chi connectivity index (χ3v) is 3.83. The van der Waals surface area contributed by atoms with Crippen LogP contribution in [-0.2, 0) is 9.53 Å². The van der Waals surface area contributed by atoms with Gasteiger partial charge in [-0.3, -0.25) is 4.79 Å². The Morgan fingerprint density at radius 2 is 1.76 bits per heavy atom. The van der Waals surface area contributed by atoms with Crippen molar-refractivity contribution >= 4 is 39.9 Å². The van der Waals surface area contributed by atoms with Crippen molar-refractivity contribution < 1.29 is 18.7 Å². The summed E-state index contributed by atoms with van der Waals surface area (Å²) in [7, 11) is 0. The number of hydrogen-bond acceptors (Lipinski definition) is 3. The van der Waals surface area contributed by atoms with E-state index in [9.17, 15) is 14.0 Å². The molecule has 0 aromatic heterocycles. The van der Waals surface area contributed by atoms with Gasteiger partial charge in [0, 0.05) is 5.69 Å². The lowest BCUT2D eigenvalue weighted by Crippen LogP contribution is -2.21. The Bertz CT molecular complexity index is 958. The topological polar surface area (TPSA) is 55.4 Å². The molecular formula is C19H13ClFNO3. The number of nitrogens with one attached hydrogen (secondary N) is 1. The van der Waals surface area contributed by atoms with Crippen molar-refractivity contribution in [1.82, 2.24) is 0 Å². The molecule has 0 aliphatic heterocycles. The van der Waals surface area contributed by atoms with Crippen LogP contribution in [-0.4, -0.2) is 18.5 Å². The highest BCUT2D eigenvalue weighted by molar-refractivity contribution is 6.33. The van der Waals surface area contributed by atoms with Crippen LogP contribution in [0, 0.1) is 5.82 Å². The Kier molecular flexibility index (Phi) is 4.95. The maximum atomic E-state index is 13.0. The first-order valence-electron chi connectivity index (χ1n) is 7.44. The number of hydrogen-bond donors (Lipinski definition) is 1. The van der Waals surface area contributed by atoms with Crippen molar-refractivity contribution in [3.8, 4) is 0 Å². The van der Waals surface area contributed by atoms with Crippen LogP contribution in [0.4, 0.5) is 10.1 Å². The SMILES string of the molecule is O=C(COC(=O)c1ccc(F)cc1Cl)Nc1ccc2ccccc2c1. The van der Waals surface area contributed by atoms with Crippen LogP contribution in [0.2, 0.25) is 5.02 Å². The lowest BCUT2D eigenvalue weighted by molar-refractivity contribution is -0.119. The molecule has 0 radical (unpaired) electrons. The van der Waals surface area contributed by atoms with Crippen molar-refractivity contribution in [3.63, 3.8) is 0 Å². The van der Waals surface area contributed by atoms with E-state index >= 15 is 0 Å². The molecule has 0 bridgehead atoms. The summed E-state index contributed by atoms with van der Waals surface area (Å²) >= 11 is 5.78. The van der Waals surface area contributed by atoms with E-state index < -0.39 is 24.3 Å². The molecule has 126 valence electrons. The molecule has 0 saturated carbocycles. The average molecular weight is 358 g/mol. The molecule has 0 atom stereocenters. The second kappa shape index (κ2) is 7.32. The number of carbonyl (C=O) groups is 2. The van der Waals surface area contributed by atoms with Crippen LogP contribution >= 0.6 is 11.6 Å². The van der Waals surface area contributed by atoms with Crippen molar-refractivity contribution in [1.29, 1.82) is 0 Å². The molecule has 4 nitrogen and oxygen atoms in total. The van der Waals surface area contributed by atoms with Crippen molar-refractivity contribution in [2.24, 2.45) is 0 Å². The Labute approximate surface area is 148 Å². The zero-order valence-corrected chi connectivity index (χ0v) is 13.7. The van der Waals surface area contributed by atoms with Gasteiger partial charge in [0.1, 0.15) is 5.82 Å². The highest BCUT2D eigenvalue weighted by Gasteiger charge is 2.14. The molecule has 0 aliphatic carbocycles. The molecule has 0 saturated heterocycles. The molecule has 0 aliphatic rings. The second-order valence-electron chi connectivity index (χ2n) is 5.31. The van der Waals surface area contributed by atoms with Crippen LogP contribution in [0.1, 0.15) is 10.4 Å². The van der Waals surface area contributed by atoms with Crippen LogP contribution in [0.5, 0.6) is 0 Å². The quantitative estimate of drug-likeness (QED) is 0.703. The third-order valence-electron chi connectivity index (χ3n) is 3.52. The van der Waals surface area contributed by atoms with Gasteiger partial charge in [-0.1, -0.05) is 41.9 Å². The molecule has 0 unspecified atom stereocenters. The maximum absolute atomic E-state index is 13.0. The van der Waals surface area contributed by atoms with E-state index in [1.54, 1.807) is 6.07 Å². The van der Waals surface area contributed by atoms with E-state index in [2.05, 4.69) is 5.32 Å². The van der Waals surface area contributed by atoms with Crippen molar-refractivity contribution in [2.45, 2.75) is 0 Å². The maximum Gasteiger partial charge on any atom is 0.340 e. The Morgan fingerprint density at radius 1 is 1.00 bits per heavy atom. The summed E-state index contributed by atoms with van der Waals surface area (Å²) in [5.41, 5.74) is 0.598. The van der Waals surface area contributed by atoms with E-state index in [1.165, 1.54) is 6.07 Å². The summed E-state index contributed by atoms with van der Waals surface area (Å²) in [6, 6.07) is 16.5. The zero-order chi connectivity index (χ0) is 17.8. The highest BCUT2D eigenvalue weighted by atomic mass is 35.5. The predicted molar refractivity (Wildman–Crippen MR) is 94.3 cm³/mol. The summed E-state index contributed by atoms with van der Waals surface area (Å²) in [6.07, 6.45) is 0. The van der Waals surface area contributed by atoms with E-state index in [1.807, 2.05) is 36.4 Å². The van der Waals surface area contributed by atoms with Gasteiger partial charge in [0.2, 0.25) is 0 Å². The largest absolute Gasteiger partial charge is 0.452 e. The van der Waals surface area contributed by atoms with E-state index in [0.29, 0.717) is 5.69 Å². The molecule has 0 heterocycles. The fourth-order valence-corrected chi connectivity index (χ4v) is 2.57. The minimum Gasteiger partial charge on any atom is -0.452 e. The van der Waals surface area contributed by atoms with Gasteiger partial charge in [-0.05, 0) is 41.1 Å². The molecule has 3 aromatic rings. The van der Waals surface area contributed by atoms with Gasteiger partial charge in [0.05, 0.1) is 10.6 Å². The number of esters is 1. The Morgan fingerprint density at radius 3 is 2.52 bits per heavy atom. The molecule has 0 spiro atoms. The molecule has 0 fully saturated rings. The Balaban J connectivity index is 1.61. The number of fused-ring (bicyclic) bond motifs is 1. The molecule has 1 N–H and O–H groups in total. The molecule has 25 heavy (non-hydrogen) atoms. The van der Waals surface area contributed by atoms with Gasteiger partial charge in [0.25, 0.3) is 5.91 Å². The average Bonchev–Trinajstić information content (AvgIpc) is 2.59. The van der Waals surface area contributed by atoms with Crippen LogP contribution in [0.15, 0.2) is 60.7 Å². The van der Waals surface area contributed by atoms with Crippen LogP contribution < -0.4 is 5.32 Å². The first-order valence-corrected chi connectivity index (χ1v) is 7.81. The minimum absolute atomic E-state index is 0.00146. The summed E-state index contributed by atoms with van der Waals surface area (Å²) < 4.78 is 17.9. The number of ether oxygens (including phenoxy) is 1. The fourth-order valence-electron chi connectivity index (χ4n) is 2.33. The third kappa shape index (κ3) is 4.14. The lowest BCUT2D eigenvalue weighted by Gasteiger charge is -2.08. The first-order chi connectivity index (χ1) is 12.0. The standard InChI is InChI=1S/C19H13ClFNO3/c20-17-10-14(21)6-8-16(17)19(24)25-11-18(23)22-15-7-5-12-3-1-2-4-13(12)9-15/h1-10H,11H2,(H,22,23). The van der Waals surface area contributed by atoms with Gasteiger partial charge in [-0.25, -0.2) is 9.18 Å². The molecule has 3 aromatic carbocycles. The van der Waals surface area contributed by atoms with Crippen LogP contribution in [0.3, 0.4) is 0 Å². The van der Waals surface area contributed by atoms with Crippen LogP contribution in [0.25, 0.3) is 10.8 Å². The normalized spacial score (nSPS) is 10.5. The van der Waals surface area contributed by atoms with Crippen molar-refractivity contribution in [2.75, 3.05) is 11.9 Å². The summed E-state index contributed by atoms with van der Waals surface area (Å²) in [6.45, 7) is -0.473. The smallest absolute Gasteiger partial charge is 0.340 e. The van der Waals surface area contributed by atoms with Gasteiger partial charge in [-0.2, -0.15) is 0 Å². The summed E-state index contributed by atoms with van der Waals surface area (Å²) in [5.74, 6) is -1.84. The molecule has 1 amide bonds. The number of carbonyl (C=O) groups excluding carboxylic acids is 2. The van der Waals surface area contributed by atoms with Gasteiger partial charge in [-0.15, -0.1) is 0 Å². The number of halogens is 2. The molecule has 3 rings (SSSR count). The fraction of sp³-hybridized carbons (Fsp3) is 0.0526. The number of anilines is 1. The number of benzene rings is 3. The van der Waals surface area contributed by atoms with Gasteiger partial charge in [0.15, 0.2) is 6.61 Å². The molecule has 6 heteroatoms. The summed E-state index contributed by atoms with van der Waals surface area (Å²) in [4.78, 5) is 23.8. The van der Waals surface area contributed by atoms with Crippen molar-refractivity contribution in [3.05, 3.63) is 77.1 Å². The zero-order valence-electron chi connectivity index (χ0n) is 13.0. The van der Waals surface area contributed by atoms with E-state index in [-0.39, 0.29) is 10.6 Å². The first kappa shape index (κ1) is 16.9. The predicted octanol–water partition coefficient (Wildman–Crippen LogP) is 4.43. The Hall–Kier alpha value is -2.92. The summed E-state index contributed by atoms with van der Waals surface area (Å²) in [5, 5.41) is 4.62. The number of rotatable bonds is 4. The van der Waals surface area contributed by atoms with E-state index in [4.69, 9.17) is 16.3 Å². The highest BCUT2D eigenvalue weighted by Crippen LogP contribution is 2.20. The monoisotopic (exact) mass is 357 g/mol. The minimum atomic E-state index is -0.793. The van der Waals surface area contributed by atoms with E-state index in [0.717, 1.165) is 22.9 Å².